The predicted molar refractivity (Wildman–Crippen MR) is 106 cm³/mol. The molecule has 0 saturated heterocycles. The number of carbonyl (C=O) groups is 2. The first-order chi connectivity index (χ1) is 14.1. The fourth-order valence-electron chi connectivity index (χ4n) is 2.37. The molecule has 0 aromatic heterocycles. The summed E-state index contributed by atoms with van der Waals surface area (Å²) in [5.41, 5.74) is 3.67. The average molecular weight is 438 g/mol. The van der Waals surface area contributed by atoms with E-state index in [0.29, 0.717) is 5.56 Å². The predicted octanol–water partition coefficient (Wildman–Crippen LogP) is 0.508. The van der Waals surface area contributed by atoms with Crippen LogP contribution in [0.25, 0.3) is 0 Å². The summed E-state index contributed by atoms with van der Waals surface area (Å²) in [7, 11) is -1.69. The Balaban J connectivity index is 2.20. The number of carbonyl (C=O) groups excluding carboxylic acids is 1. The summed E-state index contributed by atoms with van der Waals surface area (Å²) in [6.45, 7) is -1.17. The van der Waals surface area contributed by atoms with E-state index < -0.39 is 34.0 Å². The maximum absolute atomic E-state index is 12.7. The van der Waals surface area contributed by atoms with Crippen molar-refractivity contribution in [2.45, 2.75) is 17.0 Å². The number of sulfonamides is 1. The summed E-state index contributed by atoms with van der Waals surface area (Å²) in [6.07, 6.45) is 0. The molecule has 30 heavy (non-hydrogen) atoms. The van der Waals surface area contributed by atoms with E-state index in [1.165, 1.54) is 32.4 Å². The second kappa shape index (κ2) is 9.57. The van der Waals surface area contributed by atoms with Gasteiger partial charge < -0.3 is 25.1 Å². The van der Waals surface area contributed by atoms with E-state index in [1.54, 1.807) is 30.3 Å². The molecule has 11 heteroatoms. The number of ether oxygens (including phenoxy) is 3. The van der Waals surface area contributed by atoms with Crippen LogP contribution in [0.2, 0.25) is 0 Å². The monoisotopic (exact) mass is 438 g/mol. The van der Waals surface area contributed by atoms with Gasteiger partial charge in [-0.1, -0.05) is 30.3 Å². The van der Waals surface area contributed by atoms with Gasteiger partial charge in [-0.15, -0.1) is 0 Å². The van der Waals surface area contributed by atoms with Crippen molar-refractivity contribution in [3.63, 3.8) is 0 Å². The maximum Gasteiger partial charge on any atom is 0.339 e. The van der Waals surface area contributed by atoms with E-state index >= 15 is 0 Å². The van der Waals surface area contributed by atoms with Crippen molar-refractivity contribution < 1.29 is 37.3 Å². The van der Waals surface area contributed by atoms with Gasteiger partial charge in [-0.05, 0) is 17.7 Å². The zero-order valence-electron chi connectivity index (χ0n) is 16.3. The summed E-state index contributed by atoms with van der Waals surface area (Å²) < 4.78 is 42.5. The van der Waals surface area contributed by atoms with Crippen LogP contribution in [0.4, 0.5) is 0 Å². The Morgan fingerprint density at radius 2 is 1.77 bits per heavy atom. The summed E-state index contributed by atoms with van der Waals surface area (Å²) in [5, 5.41) is 9.45. The van der Waals surface area contributed by atoms with Crippen LogP contribution in [0.15, 0.2) is 53.4 Å². The van der Waals surface area contributed by atoms with Crippen LogP contribution in [-0.4, -0.2) is 51.8 Å². The van der Waals surface area contributed by atoms with Crippen LogP contribution in [0.1, 0.15) is 5.56 Å². The molecule has 1 atom stereocenters. The highest BCUT2D eigenvalue weighted by atomic mass is 32.2. The van der Waals surface area contributed by atoms with Gasteiger partial charge in [-0.2, -0.15) is 0 Å². The van der Waals surface area contributed by atoms with Gasteiger partial charge in [0.05, 0.1) is 20.8 Å². The second-order valence-corrected chi connectivity index (χ2v) is 7.91. The minimum atomic E-state index is -4.31. The highest BCUT2D eigenvalue weighted by molar-refractivity contribution is 7.89. The Bertz CT molecular complexity index is 1010. The Labute approximate surface area is 173 Å². The quantitative estimate of drug-likeness (QED) is 0.355. The number of benzene rings is 2. The van der Waals surface area contributed by atoms with Gasteiger partial charge >= 0.3 is 11.9 Å². The number of esters is 1. The first kappa shape index (κ1) is 23.1. The number of hydrogen-bond acceptors (Lipinski definition) is 8. The number of aliphatic carboxylic acids is 1. The first-order valence-electron chi connectivity index (χ1n) is 8.59. The summed E-state index contributed by atoms with van der Waals surface area (Å²) in [6, 6.07) is 12.6. The Morgan fingerprint density at radius 1 is 1.10 bits per heavy atom. The molecule has 0 fully saturated rings. The van der Waals surface area contributed by atoms with E-state index in [-0.39, 0.29) is 23.0 Å². The third-order valence-corrected chi connectivity index (χ3v) is 5.58. The smallest absolute Gasteiger partial charge is 0.339 e. The molecule has 0 aliphatic rings. The van der Waals surface area contributed by atoms with Crippen molar-refractivity contribution in [2.24, 2.45) is 5.73 Å². The number of methoxy groups -OCH3 is 2. The number of carboxylic acids is 1. The van der Waals surface area contributed by atoms with Gasteiger partial charge in [-0.25, -0.2) is 22.7 Å². The molecule has 2 aromatic rings. The summed E-state index contributed by atoms with van der Waals surface area (Å²) >= 11 is 0. The van der Waals surface area contributed by atoms with Gasteiger partial charge in [0.25, 0.3) is 0 Å². The normalized spacial score (nSPS) is 13.2. The van der Waals surface area contributed by atoms with Crippen LogP contribution >= 0.6 is 0 Å². The average Bonchev–Trinajstić information content (AvgIpc) is 2.75. The first-order valence-corrected chi connectivity index (χ1v) is 10.1. The molecule has 10 nitrogen and oxygen atoms in total. The van der Waals surface area contributed by atoms with E-state index in [1.807, 2.05) is 4.72 Å². The van der Waals surface area contributed by atoms with Crippen molar-refractivity contribution >= 4 is 22.0 Å². The van der Waals surface area contributed by atoms with Crippen LogP contribution in [0.5, 0.6) is 11.5 Å². The molecule has 0 heterocycles. The molecular formula is C19H22N2O8S. The van der Waals surface area contributed by atoms with Gasteiger partial charge in [0.2, 0.25) is 15.6 Å². The van der Waals surface area contributed by atoms with Gasteiger partial charge in [-0.3, -0.25) is 0 Å². The molecule has 162 valence electrons. The molecule has 1 unspecified atom stereocenters. The Kier molecular flexibility index (Phi) is 7.38. The fourth-order valence-corrected chi connectivity index (χ4v) is 3.63. The van der Waals surface area contributed by atoms with Crippen molar-refractivity contribution in [3.05, 3.63) is 54.1 Å². The number of carboxylic acid groups (broad SMARTS) is 1. The molecule has 0 radical (unpaired) electrons. The molecule has 0 saturated carbocycles. The third-order valence-electron chi connectivity index (χ3n) is 4.16. The SMILES string of the molecule is COc1ccc(OC)c(S(=O)(=O)NCC(N)(C(=O)O)C(=O)OCc2ccccc2)c1. The maximum atomic E-state index is 12.7. The third kappa shape index (κ3) is 5.26. The minimum Gasteiger partial charge on any atom is -0.497 e. The van der Waals surface area contributed by atoms with Gasteiger partial charge in [0.1, 0.15) is 23.0 Å². The molecular weight excluding hydrogens is 416 g/mol. The molecule has 0 spiro atoms. The van der Waals surface area contributed by atoms with Crippen molar-refractivity contribution in [3.8, 4) is 11.5 Å². The van der Waals surface area contributed by atoms with Crippen LogP contribution < -0.4 is 19.9 Å². The number of nitrogens with one attached hydrogen (secondary N) is 1. The largest absolute Gasteiger partial charge is 0.497 e. The summed E-state index contributed by atoms with van der Waals surface area (Å²) in [5.74, 6) is -2.82. The van der Waals surface area contributed by atoms with Crippen molar-refractivity contribution in [1.82, 2.24) is 4.72 Å². The van der Waals surface area contributed by atoms with E-state index in [4.69, 9.17) is 19.9 Å². The lowest BCUT2D eigenvalue weighted by atomic mass is 10.0. The lowest BCUT2D eigenvalue weighted by molar-refractivity contribution is -0.161. The molecule has 0 bridgehead atoms. The number of hydrogen-bond donors (Lipinski definition) is 3. The molecule has 2 aromatic carbocycles. The minimum absolute atomic E-state index is 0.00657. The number of rotatable bonds is 10. The van der Waals surface area contributed by atoms with Gasteiger partial charge in [0, 0.05) is 6.07 Å². The van der Waals surface area contributed by atoms with E-state index in [2.05, 4.69) is 0 Å². The van der Waals surface area contributed by atoms with Crippen LogP contribution in [0, 0.1) is 0 Å². The summed E-state index contributed by atoms with van der Waals surface area (Å²) in [4.78, 5) is 23.7. The number of nitrogens with two attached hydrogens (primary N) is 1. The second-order valence-electron chi connectivity index (χ2n) is 6.18. The van der Waals surface area contributed by atoms with Crippen molar-refractivity contribution in [1.29, 1.82) is 0 Å². The van der Waals surface area contributed by atoms with E-state index in [9.17, 15) is 23.1 Å². The fraction of sp³-hybridized carbons (Fsp3) is 0.263. The van der Waals surface area contributed by atoms with Crippen LogP contribution in [0.3, 0.4) is 0 Å². The molecule has 0 aliphatic heterocycles. The Hall–Kier alpha value is -3.15. The van der Waals surface area contributed by atoms with Crippen molar-refractivity contribution in [2.75, 3.05) is 20.8 Å². The lowest BCUT2D eigenvalue weighted by Crippen LogP contribution is -2.62. The molecule has 0 aliphatic carbocycles. The zero-order valence-corrected chi connectivity index (χ0v) is 17.1. The van der Waals surface area contributed by atoms with Gasteiger partial charge in [0.15, 0.2) is 0 Å². The van der Waals surface area contributed by atoms with E-state index in [0.717, 1.165) is 0 Å². The molecule has 2 rings (SSSR count). The molecule has 0 amide bonds. The highest BCUT2D eigenvalue weighted by Gasteiger charge is 2.45. The highest BCUT2D eigenvalue weighted by Crippen LogP contribution is 2.28. The molecule has 4 N–H and O–H groups in total. The topological polar surface area (TPSA) is 154 Å². The lowest BCUT2D eigenvalue weighted by Gasteiger charge is -2.23. The zero-order chi connectivity index (χ0) is 22.4. The van der Waals surface area contributed by atoms with Crippen LogP contribution in [-0.2, 0) is 31.0 Å². The standard InChI is InChI=1S/C19H22N2O8S/c1-27-14-8-9-15(28-2)16(10-14)30(25,26)21-12-19(20,17(22)23)18(24)29-11-13-6-4-3-5-7-13/h3-10,21H,11-12,20H2,1-2H3,(H,22,23). The Morgan fingerprint density at radius 3 is 2.33 bits per heavy atom.